The Morgan fingerprint density at radius 2 is 2.10 bits per heavy atom. The highest BCUT2D eigenvalue weighted by Crippen LogP contribution is 2.19. The Labute approximate surface area is 128 Å². The number of carbonyl (C=O) groups excluding carboxylic acids is 1. The molecule has 0 aliphatic heterocycles. The lowest BCUT2D eigenvalue weighted by Gasteiger charge is -2.29. The summed E-state index contributed by atoms with van der Waals surface area (Å²) in [7, 11) is 1.55. The van der Waals surface area contributed by atoms with Crippen LogP contribution in [0.4, 0.5) is 0 Å². The van der Waals surface area contributed by atoms with E-state index >= 15 is 0 Å². The number of hydrogen-bond acceptors (Lipinski definition) is 3. The van der Waals surface area contributed by atoms with Gasteiger partial charge in [0.15, 0.2) is 0 Å². The van der Waals surface area contributed by atoms with Crippen LogP contribution in [0.3, 0.4) is 0 Å². The molecular weight excluding hydrogens is 264 g/mol. The first-order valence-electron chi connectivity index (χ1n) is 7.95. The first-order valence-corrected chi connectivity index (χ1v) is 7.95. The molecule has 0 N–H and O–H groups in total. The van der Waals surface area contributed by atoms with Crippen molar-refractivity contribution in [2.24, 2.45) is 0 Å². The highest BCUT2D eigenvalue weighted by molar-refractivity contribution is 5.96. The second-order valence-electron chi connectivity index (χ2n) is 5.40. The molecular formula is C17H28N2O2. The van der Waals surface area contributed by atoms with Crippen molar-refractivity contribution in [3.63, 3.8) is 0 Å². The van der Waals surface area contributed by atoms with Crippen molar-refractivity contribution in [2.75, 3.05) is 13.7 Å². The number of amides is 1. The molecule has 21 heavy (non-hydrogen) atoms. The zero-order valence-corrected chi connectivity index (χ0v) is 13.8. The van der Waals surface area contributed by atoms with Crippen LogP contribution in [-0.2, 0) is 0 Å². The van der Waals surface area contributed by atoms with Gasteiger partial charge in [0.25, 0.3) is 5.91 Å². The highest BCUT2D eigenvalue weighted by Gasteiger charge is 2.23. The lowest BCUT2D eigenvalue weighted by molar-refractivity contribution is 0.0675. The smallest absolute Gasteiger partial charge is 0.259 e. The predicted molar refractivity (Wildman–Crippen MR) is 85.7 cm³/mol. The third-order valence-electron chi connectivity index (χ3n) is 3.70. The van der Waals surface area contributed by atoms with Crippen molar-refractivity contribution in [1.29, 1.82) is 0 Å². The van der Waals surface area contributed by atoms with Gasteiger partial charge in [-0.15, -0.1) is 0 Å². The van der Waals surface area contributed by atoms with E-state index < -0.39 is 0 Å². The van der Waals surface area contributed by atoms with Crippen LogP contribution in [0.15, 0.2) is 18.3 Å². The molecule has 1 amide bonds. The SMILES string of the molecule is CCCCCN(C(=O)c1cccnc1OC)C(C)CCC. The summed E-state index contributed by atoms with van der Waals surface area (Å²) in [5, 5.41) is 0. The molecule has 0 aromatic carbocycles. The zero-order valence-electron chi connectivity index (χ0n) is 13.8. The Balaban J connectivity index is 2.92. The molecule has 0 radical (unpaired) electrons. The van der Waals surface area contributed by atoms with Gasteiger partial charge in [0.1, 0.15) is 5.56 Å². The second-order valence-corrected chi connectivity index (χ2v) is 5.40. The van der Waals surface area contributed by atoms with E-state index in [-0.39, 0.29) is 11.9 Å². The zero-order chi connectivity index (χ0) is 15.7. The van der Waals surface area contributed by atoms with Gasteiger partial charge in [0.2, 0.25) is 5.88 Å². The number of ether oxygens (including phenoxy) is 1. The normalized spacial score (nSPS) is 12.0. The Bertz CT molecular complexity index is 435. The summed E-state index contributed by atoms with van der Waals surface area (Å²) in [6, 6.07) is 3.81. The fourth-order valence-electron chi connectivity index (χ4n) is 2.50. The number of aromatic nitrogens is 1. The molecule has 1 atom stereocenters. The molecule has 0 spiro atoms. The topological polar surface area (TPSA) is 42.4 Å². The highest BCUT2D eigenvalue weighted by atomic mass is 16.5. The van der Waals surface area contributed by atoms with Crippen molar-refractivity contribution >= 4 is 5.91 Å². The largest absolute Gasteiger partial charge is 0.480 e. The number of carbonyl (C=O) groups is 1. The van der Waals surface area contributed by atoms with Gasteiger partial charge in [-0.05, 0) is 31.9 Å². The Morgan fingerprint density at radius 3 is 2.71 bits per heavy atom. The van der Waals surface area contributed by atoms with Crippen LogP contribution < -0.4 is 4.74 Å². The van der Waals surface area contributed by atoms with E-state index in [1.807, 2.05) is 4.90 Å². The van der Waals surface area contributed by atoms with Crippen molar-refractivity contribution in [2.45, 2.75) is 58.9 Å². The summed E-state index contributed by atoms with van der Waals surface area (Å²) in [4.78, 5) is 18.9. The Morgan fingerprint density at radius 1 is 1.33 bits per heavy atom. The van der Waals surface area contributed by atoms with Crippen molar-refractivity contribution < 1.29 is 9.53 Å². The van der Waals surface area contributed by atoms with E-state index in [0.29, 0.717) is 11.4 Å². The van der Waals surface area contributed by atoms with Gasteiger partial charge in [-0.25, -0.2) is 4.98 Å². The molecule has 1 aromatic rings. The monoisotopic (exact) mass is 292 g/mol. The fraction of sp³-hybridized carbons (Fsp3) is 0.647. The average molecular weight is 292 g/mol. The molecule has 118 valence electrons. The molecule has 4 nitrogen and oxygen atoms in total. The van der Waals surface area contributed by atoms with Gasteiger partial charge < -0.3 is 9.64 Å². The van der Waals surface area contributed by atoms with E-state index in [0.717, 1.165) is 38.6 Å². The van der Waals surface area contributed by atoms with Crippen molar-refractivity contribution in [3.05, 3.63) is 23.9 Å². The van der Waals surface area contributed by atoms with E-state index in [1.54, 1.807) is 25.4 Å². The minimum absolute atomic E-state index is 0.0250. The molecule has 0 fully saturated rings. The lowest BCUT2D eigenvalue weighted by Crippen LogP contribution is -2.39. The summed E-state index contributed by atoms with van der Waals surface area (Å²) >= 11 is 0. The molecule has 1 aromatic heterocycles. The maximum absolute atomic E-state index is 12.8. The van der Waals surface area contributed by atoms with Crippen molar-refractivity contribution in [3.8, 4) is 5.88 Å². The van der Waals surface area contributed by atoms with Gasteiger partial charge >= 0.3 is 0 Å². The predicted octanol–water partition coefficient (Wildman–Crippen LogP) is 3.91. The minimum atomic E-state index is 0.0250. The number of hydrogen-bond donors (Lipinski definition) is 0. The molecule has 0 saturated carbocycles. The maximum Gasteiger partial charge on any atom is 0.259 e. The number of methoxy groups -OCH3 is 1. The first-order chi connectivity index (χ1) is 10.2. The van der Waals surface area contributed by atoms with Crippen LogP contribution in [0.5, 0.6) is 5.88 Å². The average Bonchev–Trinajstić information content (AvgIpc) is 2.51. The van der Waals surface area contributed by atoms with E-state index in [4.69, 9.17) is 4.74 Å². The van der Waals surface area contributed by atoms with Crippen LogP contribution in [0.2, 0.25) is 0 Å². The lowest BCUT2D eigenvalue weighted by atomic mass is 10.1. The van der Waals surface area contributed by atoms with Gasteiger partial charge in [-0.3, -0.25) is 4.79 Å². The molecule has 0 bridgehead atoms. The number of unbranched alkanes of at least 4 members (excludes halogenated alkanes) is 2. The minimum Gasteiger partial charge on any atom is -0.480 e. The third kappa shape index (κ3) is 5.03. The van der Waals surface area contributed by atoms with Crippen LogP contribution in [0, 0.1) is 0 Å². The van der Waals surface area contributed by atoms with Crippen molar-refractivity contribution in [1.82, 2.24) is 9.88 Å². The number of rotatable bonds is 9. The Kier molecular flexibility index (Phi) is 7.80. The van der Waals surface area contributed by atoms with Gasteiger partial charge in [0, 0.05) is 18.8 Å². The standard InChI is InChI=1S/C17H28N2O2/c1-5-7-8-13-19(14(3)10-6-2)17(20)15-11-9-12-18-16(15)21-4/h9,11-12,14H,5-8,10,13H2,1-4H3. The van der Waals surface area contributed by atoms with Gasteiger partial charge in [0.05, 0.1) is 7.11 Å². The summed E-state index contributed by atoms with van der Waals surface area (Å²) in [6.07, 6.45) is 7.07. The molecule has 4 heteroatoms. The summed E-state index contributed by atoms with van der Waals surface area (Å²) in [6.45, 7) is 7.24. The molecule has 1 unspecified atom stereocenters. The molecule has 0 aliphatic rings. The van der Waals surface area contributed by atoms with Gasteiger partial charge in [-0.2, -0.15) is 0 Å². The van der Waals surface area contributed by atoms with E-state index in [1.165, 1.54) is 0 Å². The quantitative estimate of drug-likeness (QED) is 0.648. The van der Waals surface area contributed by atoms with Crippen LogP contribution in [0.25, 0.3) is 0 Å². The van der Waals surface area contributed by atoms with E-state index in [9.17, 15) is 4.79 Å². The maximum atomic E-state index is 12.8. The van der Waals surface area contributed by atoms with E-state index in [2.05, 4.69) is 25.8 Å². The molecule has 1 rings (SSSR count). The summed E-state index contributed by atoms with van der Waals surface area (Å²) < 4.78 is 5.22. The molecule has 1 heterocycles. The number of nitrogens with zero attached hydrogens (tertiary/aromatic N) is 2. The number of pyridine rings is 1. The second kappa shape index (κ2) is 9.37. The fourth-order valence-corrected chi connectivity index (χ4v) is 2.50. The third-order valence-corrected chi connectivity index (χ3v) is 3.70. The summed E-state index contributed by atoms with van der Waals surface area (Å²) in [5.74, 6) is 0.434. The Hall–Kier alpha value is -1.58. The first kappa shape index (κ1) is 17.5. The molecule has 0 aliphatic carbocycles. The van der Waals surface area contributed by atoms with Gasteiger partial charge in [-0.1, -0.05) is 33.1 Å². The van der Waals surface area contributed by atoms with Crippen LogP contribution >= 0.6 is 0 Å². The summed E-state index contributed by atoms with van der Waals surface area (Å²) in [5.41, 5.74) is 0.555. The molecule has 0 saturated heterocycles. The van der Waals surface area contributed by atoms with Crippen LogP contribution in [-0.4, -0.2) is 35.5 Å². The van der Waals surface area contributed by atoms with Crippen LogP contribution in [0.1, 0.15) is 63.2 Å².